The molecule has 3 rings (SSSR count). The molecule has 0 aromatic heterocycles. The third-order valence-corrected chi connectivity index (χ3v) is 3.17. The highest BCUT2D eigenvalue weighted by atomic mass is 16.7. The summed E-state index contributed by atoms with van der Waals surface area (Å²) in [4.78, 5) is 22.2. The molecule has 2 aromatic carbocycles. The molecule has 6 heteroatoms. The van der Waals surface area contributed by atoms with Gasteiger partial charge in [0.15, 0.2) is 17.3 Å². The summed E-state index contributed by atoms with van der Waals surface area (Å²) in [7, 11) is 0. The lowest BCUT2D eigenvalue weighted by molar-refractivity contribution is -0.384. The standard InChI is InChI=1S/C16H11NO5/c18-14(12-2-1-3-13(9-12)17(19)20)6-4-11-5-7-15-16(8-11)22-10-21-15/h1-9H,10H2/b6-4-. The summed E-state index contributed by atoms with van der Waals surface area (Å²) in [6.45, 7) is 0.190. The maximum atomic E-state index is 12.1. The Hall–Kier alpha value is -3.15. The fourth-order valence-corrected chi connectivity index (χ4v) is 2.06. The van der Waals surface area contributed by atoms with E-state index in [2.05, 4.69) is 0 Å². The quantitative estimate of drug-likeness (QED) is 0.375. The minimum Gasteiger partial charge on any atom is -0.454 e. The van der Waals surface area contributed by atoms with Crippen LogP contribution in [0.5, 0.6) is 11.5 Å². The van der Waals surface area contributed by atoms with Crippen molar-refractivity contribution in [2.75, 3.05) is 6.79 Å². The van der Waals surface area contributed by atoms with E-state index in [9.17, 15) is 14.9 Å². The predicted molar refractivity (Wildman–Crippen MR) is 79.0 cm³/mol. The smallest absolute Gasteiger partial charge is 0.270 e. The van der Waals surface area contributed by atoms with E-state index >= 15 is 0 Å². The minimum absolute atomic E-state index is 0.109. The molecule has 0 saturated heterocycles. The van der Waals surface area contributed by atoms with Crippen LogP contribution >= 0.6 is 0 Å². The van der Waals surface area contributed by atoms with Crippen molar-refractivity contribution in [3.05, 3.63) is 69.8 Å². The number of fused-ring (bicyclic) bond motifs is 1. The van der Waals surface area contributed by atoms with Gasteiger partial charge in [0.1, 0.15) is 0 Å². The van der Waals surface area contributed by atoms with Crippen LogP contribution in [0, 0.1) is 10.1 Å². The summed E-state index contributed by atoms with van der Waals surface area (Å²) < 4.78 is 10.5. The highest BCUT2D eigenvalue weighted by Gasteiger charge is 2.13. The number of hydrogen-bond donors (Lipinski definition) is 0. The molecular formula is C16H11NO5. The van der Waals surface area contributed by atoms with Crippen LogP contribution in [0.2, 0.25) is 0 Å². The van der Waals surface area contributed by atoms with Crippen LogP contribution in [0.15, 0.2) is 48.5 Å². The lowest BCUT2D eigenvalue weighted by atomic mass is 10.1. The molecule has 6 nitrogen and oxygen atoms in total. The van der Waals surface area contributed by atoms with Crippen LogP contribution in [0.25, 0.3) is 6.08 Å². The number of ether oxygens (including phenoxy) is 2. The molecule has 0 bridgehead atoms. The lowest BCUT2D eigenvalue weighted by Crippen LogP contribution is -1.96. The fourth-order valence-electron chi connectivity index (χ4n) is 2.06. The molecule has 0 radical (unpaired) electrons. The first kappa shape index (κ1) is 13.8. The molecule has 0 fully saturated rings. The molecule has 110 valence electrons. The minimum atomic E-state index is -0.529. The number of carbonyl (C=O) groups excluding carboxylic acids is 1. The number of non-ortho nitro benzene ring substituents is 1. The Kier molecular flexibility index (Phi) is 3.57. The van der Waals surface area contributed by atoms with Gasteiger partial charge in [0, 0.05) is 17.7 Å². The van der Waals surface area contributed by atoms with Gasteiger partial charge < -0.3 is 9.47 Å². The zero-order valence-electron chi connectivity index (χ0n) is 11.4. The maximum Gasteiger partial charge on any atom is 0.270 e. The van der Waals surface area contributed by atoms with Gasteiger partial charge in [-0.25, -0.2) is 0 Å². The first-order valence-corrected chi connectivity index (χ1v) is 6.50. The van der Waals surface area contributed by atoms with Crippen LogP contribution < -0.4 is 9.47 Å². The largest absolute Gasteiger partial charge is 0.454 e. The summed E-state index contributed by atoms with van der Waals surface area (Å²) >= 11 is 0. The fraction of sp³-hybridized carbons (Fsp3) is 0.0625. The van der Waals surface area contributed by atoms with E-state index in [4.69, 9.17) is 9.47 Å². The molecule has 2 aromatic rings. The summed E-state index contributed by atoms with van der Waals surface area (Å²) in [5.74, 6) is 0.994. The molecule has 0 unspecified atom stereocenters. The number of hydrogen-bond acceptors (Lipinski definition) is 5. The van der Waals surface area contributed by atoms with Gasteiger partial charge in [-0.3, -0.25) is 14.9 Å². The van der Waals surface area contributed by atoms with Gasteiger partial charge in [0.2, 0.25) is 6.79 Å². The van der Waals surface area contributed by atoms with E-state index in [0.717, 1.165) is 5.56 Å². The van der Waals surface area contributed by atoms with Crippen molar-refractivity contribution in [1.29, 1.82) is 0 Å². The van der Waals surface area contributed by atoms with Crippen molar-refractivity contribution in [2.45, 2.75) is 0 Å². The second kappa shape index (κ2) is 5.69. The first-order chi connectivity index (χ1) is 10.6. The van der Waals surface area contributed by atoms with Gasteiger partial charge in [-0.05, 0) is 23.8 Å². The SMILES string of the molecule is O=C(/C=C\c1ccc2c(c1)OCO2)c1cccc([N+](=O)[O-])c1. The summed E-state index contributed by atoms with van der Waals surface area (Å²) in [5.41, 5.74) is 0.941. The number of ketones is 1. The van der Waals surface area contributed by atoms with E-state index < -0.39 is 4.92 Å². The number of nitrogens with zero attached hydrogens (tertiary/aromatic N) is 1. The second-order valence-corrected chi connectivity index (χ2v) is 4.62. The average molecular weight is 297 g/mol. The summed E-state index contributed by atoms with van der Waals surface area (Å²) in [6.07, 6.45) is 3.00. The zero-order valence-corrected chi connectivity index (χ0v) is 11.4. The monoisotopic (exact) mass is 297 g/mol. The van der Waals surface area contributed by atoms with Crippen LogP contribution in [0.1, 0.15) is 15.9 Å². The Morgan fingerprint density at radius 3 is 2.77 bits per heavy atom. The van der Waals surface area contributed by atoms with E-state index in [1.165, 1.54) is 24.3 Å². The molecule has 0 spiro atoms. The van der Waals surface area contributed by atoms with Gasteiger partial charge in [-0.2, -0.15) is 0 Å². The highest BCUT2D eigenvalue weighted by Crippen LogP contribution is 2.32. The molecule has 0 N–H and O–H groups in total. The molecule has 1 heterocycles. The number of allylic oxidation sites excluding steroid dienone is 1. The van der Waals surface area contributed by atoms with Crippen LogP contribution in [0.4, 0.5) is 5.69 Å². The molecule has 0 atom stereocenters. The zero-order chi connectivity index (χ0) is 15.5. The Bertz CT molecular complexity index is 782. The van der Waals surface area contributed by atoms with E-state index in [0.29, 0.717) is 11.5 Å². The molecule has 0 amide bonds. The number of benzene rings is 2. The summed E-state index contributed by atoms with van der Waals surface area (Å²) in [6, 6.07) is 11.0. The Balaban J connectivity index is 1.79. The van der Waals surface area contributed by atoms with Crippen molar-refractivity contribution >= 4 is 17.5 Å². The topological polar surface area (TPSA) is 78.7 Å². The van der Waals surface area contributed by atoms with E-state index in [1.54, 1.807) is 30.3 Å². The lowest BCUT2D eigenvalue weighted by Gasteiger charge is -1.98. The second-order valence-electron chi connectivity index (χ2n) is 4.62. The van der Waals surface area contributed by atoms with Crippen molar-refractivity contribution in [2.24, 2.45) is 0 Å². The van der Waals surface area contributed by atoms with Crippen molar-refractivity contribution in [3.63, 3.8) is 0 Å². The number of nitro groups is 1. The van der Waals surface area contributed by atoms with E-state index in [-0.39, 0.29) is 23.8 Å². The van der Waals surface area contributed by atoms with Crippen LogP contribution in [0.3, 0.4) is 0 Å². The Morgan fingerprint density at radius 2 is 1.95 bits per heavy atom. The average Bonchev–Trinajstić information content (AvgIpc) is 3.00. The third kappa shape index (κ3) is 2.80. The number of carbonyl (C=O) groups is 1. The van der Waals surface area contributed by atoms with Crippen molar-refractivity contribution < 1.29 is 19.2 Å². The summed E-state index contributed by atoms with van der Waals surface area (Å²) in [5, 5.41) is 10.7. The molecule has 0 saturated carbocycles. The Morgan fingerprint density at radius 1 is 1.14 bits per heavy atom. The highest BCUT2D eigenvalue weighted by molar-refractivity contribution is 6.07. The normalized spacial score (nSPS) is 12.5. The molecule has 22 heavy (non-hydrogen) atoms. The molecule has 1 aliphatic rings. The van der Waals surface area contributed by atoms with Crippen molar-refractivity contribution in [3.8, 4) is 11.5 Å². The van der Waals surface area contributed by atoms with Crippen LogP contribution in [-0.4, -0.2) is 17.5 Å². The van der Waals surface area contributed by atoms with Crippen LogP contribution in [-0.2, 0) is 0 Å². The molecule has 0 aliphatic carbocycles. The molecule has 1 aliphatic heterocycles. The van der Waals surface area contributed by atoms with Gasteiger partial charge in [-0.1, -0.05) is 24.3 Å². The predicted octanol–water partition coefficient (Wildman–Crippen LogP) is 3.22. The van der Waals surface area contributed by atoms with Gasteiger partial charge >= 0.3 is 0 Å². The molecular weight excluding hydrogens is 286 g/mol. The van der Waals surface area contributed by atoms with Gasteiger partial charge in [-0.15, -0.1) is 0 Å². The van der Waals surface area contributed by atoms with Crippen molar-refractivity contribution in [1.82, 2.24) is 0 Å². The maximum absolute atomic E-state index is 12.1. The van der Waals surface area contributed by atoms with Gasteiger partial charge in [0.25, 0.3) is 5.69 Å². The number of rotatable bonds is 4. The van der Waals surface area contributed by atoms with Gasteiger partial charge in [0.05, 0.1) is 4.92 Å². The first-order valence-electron chi connectivity index (χ1n) is 6.50. The number of nitro benzene ring substituents is 1. The van der Waals surface area contributed by atoms with E-state index in [1.807, 2.05) is 0 Å². The third-order valence-electron chi connectivity index (χ3n) is 3.17. The Labute approximate surface area is 125 Å².